The molecule has 0 radical (unpaired) electrons. The zero-order valence-electron chi connectivity index (χ0n) is 13.2. The van der Waals surface area contributed by atoms with E-state index in [0.717, 1.165) is 23.2 Å². The molecule has 0 saturated carbocycles. The number of rotatable bonds is 7. The number of nitrogens with one attached hydrogen (secondary N) is 2. The van der Waals surface area contributed by atoms with Crippen LogP contribution in [0.15, 0.2) is 29.4 Å². The summed E-state index contributed by atoms with van der Waals surface area (Å²) in [5, 5.41) is 11.2. The molecule has 0 aliphatic heterocycles. The van der Waals surface area contributed by atoms with Crippen molar-refractivity contribution >= 4 is 11.8 Å². The summed E-state index contributed by atoms with van der Waals surface area (Å²) in [5.74, 6) is 2.47. The zero-order valence-corrected chi connectivity index (χ0v) is 14.0. The fourth-order valence-electron chi connectivity index (χ4n) is 2.25. The van der Waals surface area contributed by atoms with Crippen molar-refractivity contribution < 1.29 is 0 Å². The van der Waals surface area contributed by atoms with E-state index >= 15 is 0 Å². The predicted octanol–water partition coefficient (Wildman–Crippen LogP) is 3.36. The highest BCUT2D eigenvalue weighted by molar-refractivity contribution is 7.99. The van der Waals surface area contributed by atoms with Gasteiger partial charge < -0.3 is 5.32 Å². The maximum Gasteiger partial charge on any atom is 0.208 e. The molecule has 114 valence electrons. The van der Waals surface area contributed by atoms with Crippen LogP contribution in [0.4, 0.5) is 0 Å². The molecular weight excluding hydrogens is 280 g/mol. The number of H-pyrrole nitrogens is 1. The fraction of sp³-hybridized carbons (Fsp3) is 0.500. The summed E-state index contributed by atoms with van der Waals surface area (Å²) >= 11 is 1.67. The molecule has 0 amide bonds. The van der Waals surface area contributed by atoms with Crippen LogP contribution in [0.1, 0.15) is 36.8 Å². The lowest BCUT2D eigenvalue weighted by Crippen LogP contribution is -2.18. The molecule has 1 atom stereocenters. The number of hydrogen-bond acceptors (Lipinski definition) is 4. The minimum absolute atomic E-state index is 0.307. The minimum atomic E-state index is 0.307. The first kappa shape index (κ1) is 16.0. The Bertz CT molecular complexity index is 548. The van der Waals surface area contributed by atoms with Crippen molar-refractivity contribution in [3.05, 3.63) is 41.2 Å². The van der Waals surface area contributed by atoms with E-state index in [9.17, 15) is 0 Å². The van der Waals surface area contributed by atoms with Gasteiger partial charge in [-0.2, -0.15) is 0 Å². The first-order valence-corrected chi connectivity index (χ1v) is 8.35. The fourth-order valence-corrected chi connectivity index (χ4v) is 3.23. The van der Waals surface area contributed by atoms with Gasteiger partial charge in [0.2, 0.25) is 5.16 Å². The molecule has 4 nitrogen and oxygen atoms in total. The predicted molar refractivity (Wildman–Crippen MR) is 88.6 cm³/mol. The Morgan fingerprint density at radius 2 is 1.95 bits per heavy atom. The second kappa shape index (κ2) is 7.61. The van der Waals surface area contributed by atoms with Gasteiger partial charge in [-0.25, -0.2) is 4.98 Å². The molecule has 1 aromatic heterocycles. The van der Waals surface area contributed by atoms with Crippen LogP contribution in [0.2, 0.25) is 0 Å². The molecular formula is C16H24N4S. The smallest absolute Gasteiger partial charge is 0.208 e. The highest BCUT2D eigenvalue weighted by atomic mass is 32.2. The topological polar surface area (TPSA) is 53.6 Å². The summed E-state index contributed by atoms with van der Waals surface area (Å²) in [6, 6.07) is 9.23. The summed E-state index contributed by atoms with van der Waals surface area (Å²) in [5.41, 5.74) is 2.71. The van der Waals surface area contributed by atoms with Crippen LogP contribution in [-0.4, -0.2) is 28.0 Å². The normalized spacial score (nSPS) is 12.8. The maximum absolute atomic E-state index is 4.33. The number of benzene rings is 1. The number of nitrogens with zero attached hydrogens (tertiary/aromatic N) is 2. The number of aromatic nitrogens is 3. The van der Waals surface area contributed by atoms with Crippen LogP contribution >= 0.6 is 11.8 Å². The second-order valence-electron chi connectivity index (χ2n) is 5.70. The molecule has 0 bridgehead atoms. The molecule has 2 aromatic rings. The highest BCUT2D eigenvalue weighted by Gasteiger charge is 2.11. The van der Waals surface area contributed by atoms with E-state index in [-0.39, 0.29) is 0 Å². The minimum Gasteiger partial charge on any atom is -0.312 e. The van der Waals surface area contributed by atoms with Crippen LogP contribution < -0.4 is 5.32 Å². The summed E-state index contributed by atoms with van der Waals surface area (Å²) < 4.78 is 0. The lowest BCUT2D eigenvalue weighted by atomic mass is 10.00. The molecule has 1 unspecified atom stereocenters. The lowest BCUT2D eigenvalue weighted by Gasteiger charge is -2.16. The second-order valence-corrected chi connectivity index (χ2v) is 6.68. The Morgan fingerprint density at radius 1 is 1.24 bits per heavy atom. The molecule has 0 fully saturated rings. The quantitative estimate of drug-likeness (QED) is 0.770. The van der Waals surface area contributed by atoms with Gasteiger partial charge >= 0.3 is 0 Å². The summed E-state index contributed by atoms with van der Waals surface area (Å²) in [6.07, 6.45) is 1.13. The third-order valence-electron chi connectivity index (χ3n) is 3.33. The van der Waals surface area contributed by atoms with Crippen molar-refractivity contribution in [2.24, 2.45) is 5.92 Å². The van der Waals surface area contributed by atoms with E-state index < -0.39 is 0 Å². The molecule has 21 heavy (non-hydrogen) atoms. The molecule has 0 saturated heterocycles. The van der Waals surface area contributed by atoms with E-state index in [1.54, 1.807) is 11.8 Å². The molecule has 0 spiro atoms. The monoisotopic (exact) mass is 304 g/mol. The average molecular weight is 304 g/mol. The molecule has 2 rings (SSSR count). The first-order valence-electron chi connectivity index (χ1n) is 7.36. The maximum atomic E-state index is 4.33. The van der Waals surface area contributed by atoms with Gasteiger partial charge in [0.05, 0.1) is 0 Å². The van der Waals surface area contributed by atoms with Crippen molar-refractivity contribution in [2.45, 2.75) is 38.4 Å². The van der Waals surface area contributed by atoms with Gasteiger partial charge in [0.15, 0.2) is 0 Å². The average Bonchev–Trinajstić information content (AvgIpc) is 2.86. The van der Waals surface area contributed by atoms with Crippen molar-refractivity contribution in [3.63, 3.8) is 0 Å². The van der Waals surface area contributed by atoms with Crippen LogP contribution in [0, 0.1) is 12.8 Å². The van der Waals surface area contributed by atoms with Crippen LogP contribution in [0.25, 0.3) is 0 Å². The van der Waals surface area contributed by atoms with E-state index in [2.05, 4.69) is 58.6 Å². The summed E-state index contributed by atoms with van der Waals surface area (Å²) in [4.78, 5) is 4.33. The van der Waals surface area contributed by atoms with Gasteiger partial charge in [-0.1, -0.05) is 49.9 Å². The number of aromatic amines is 1. The zero-order chi connectivity index (χ0) is 15.2. The van der Waals surface area contributed by atoms with Crippen molar-refractivity contribution in [1.29, 1.82) is 0 Å². The molecule has 2 N–H and O–H groups in total. The van der Waals surface area contributed by atoms with Gasteiger partial charge in [0.25, 0.3) is 0 Å². The molecule has 1 heterocycles. The molecule has 1 aromatic carbocycles. The highest BCUT2D eigenvalue weighted by Crippen LogP contribution is 2.23. The van der Waals surface area contributed by atoms with E-state index in [4.69, 9.17) is 0 Å². The molecule has 0 aliphatic carbocycles. The van der Waals surface area contributed by atoms with E-state index in [0.29, 0.717) is 12.0 Å². The third kappa shape index (κ3) is 4.86. The number of hydrogen-bond donors (Lipinski definition) is 2. The molecule has 0 aliphatic rings. The van der Waals surface area contributed by atoms with Crippen molar-refractivity contribution in [2.75, 3.05) is 12.8 Å². The summed E-state index contributed by atoms with van der Waals surface area (Å²) in [7, 11) is 2.00. The van der Waals surface area contributed by atoms with Crippen molar-refractivity contribution in [1.82, 2.24) is 20.5 Å². The lowest BCUT2D eigenvalue weighted by molar-refractivity contribution is 0.643. The number of aryl methyl sites for hydroxylation is 1. The van der Waals surface area contributed by atoms with Gasteiger partial charge in [-0.3, -0.25) is 5.10 Å². The van der Waals surface area contributed by atoms with Crippen LogP contribution in [0.5, 0.6) is 0 Å². The Morgan fingerprint density at radius 3 is 2.48 bits per heavy atom. The Labute approximate surface area is 131 Å². The third-order valence-corrected chi connectivity index (χ3v) is 4.27. The first-order chi connectivity index (χ1) is 10.1. The standard InChI is InChI=1S/C16H24N4S/c1-11(2)9-13-5-7-14(8-6-13)15(17-4)10-21-16-18-12(3)19-20-16/h5-8,11,15,17H,9-10H2,1-4H3,(H,18,19,20). The SMILES string of the molecule is CNC(CSc1n[nH]c(C)n1)c1ccc(CC(C)C)cc1. The summed E-state index contributed by atoms with van der Waals surface area (Å²) in [6.45, 7) is 6.42. The van der Waals surface area contributed by atoms with E-state index in [1.165, 1.54) is 11.1 Å². The largest absolute Gasteiger partial charge is 0.312 e. The van der Waals surface area contributed by atoms with E-state index in [1.807, 2.05) is 14.0 Å². The van der Waals surface area contributed by atoms with Gasteiger partial charge in [0.1, 0.15) is 5.82 Å². The van der Waals surface area contributed by atoms with Gasteiger partial charge in [-0.05, 0) is 37.4 Å². The Hall–Kier alpha value is -1.33. The van der Waals surface area contributed by atoms with Crippen LogP contribution in [0.3, 0.4) is 0 Å². The Balaban J connectivity index is 1.96. The van der Waals surface area contributed by atoms with Gasteiger partial charge in [-0.15, -0.1) is 5.10 Å². The van der Waals surface area contributed by atoms with Crippen LogP contribution in [-0.2, 0) is 6.42 Å². The van der Waals surface area contributed by atoms with Crippen molar-refractivity contribution in [3.8, 4) is 0 Å². The van der Waals surface area contributed by atoms with Gasteiger partial charge in [0, 0.05) is 11.8 Å². The molecule has 5 heteroatoms. The Kier molecular flexibility index (Phi) is 5.82. The number of thioether (sulfide) groups is 1.